The summed E-state index contributed by atoms with van der Waals surface area (Å²) >= 11 is 0. The number of carbonyl (C=O) groups excluding carboxylic acids is 1. The number of piperazine rings is 1. The molecule has 0 bridgehead atoms. The third-order valence-corrected chi connectivity index (χ3v) is 5.71. The molecule has 1 amide bonds. The van der Waals surface area contributed by atoms with Gasteiger partial charge in [0.25, 0.3) is 0 Å². The van der Waals surface area contributed by atoms with E-state index < -0.39 is 11.9 Å². The Morgan fingerprint density at radius 3 is 2.28 bits per heavy atom. The number of aryl methyl sites for hydroxylation is 1. The Morgan fingerprint density at radius 2 is 1.68 bits per heavy atom. The van der Waals surface area contributed by atoms with Gasteiger partial charge in [-0.15, -0.1) is 0 Å². The number of nitrogens with zero attached hydrogens (tertiary/aromatic N) is 2. The molecule has 1 aliphatic carbocycles. The standard InChI is InChI=1S/C20H28N2O3/c1-14-7-9-16(10-8-14)22-12-11-21(13-15(22)2)19(23)17-5-3-4-6-18(17)20(24)25/h7-10,15,17-18H,3-6,11-13H2,1-2H3,(H,24,25)/t15-,17-,18-/m0/s1. The van der Waals surface area contributed by atoms with E-state index in [1.54, 1.807) is 0 Å². The van der Waals surface area contributed by atoms with Gasteiger partial charge >= 0.3 is 5.97 Å². The summed E-state index contributed by atoms with van der Waals surface area (Å²) in [4.78, 5) is 28.7. The predicted molar refractivity (Wildman–Crippen MR) is 97.7 cm³/mol. The molecule has 2 fully saturated rings. The zero-order valence-electron chi connectivity index (χ0n) is 15.1. The largest absolute Gasteiger partial charge is 0.481 e. The first-order valence-electron chi connectivity index (χ1n) is 9.32. The first kappa shape index (κ1) is 17.8. The second-order valence-corrected chi connectivity index (χ2v) is 7.50. The highest BCUT2D eigenvalue weighted by atomic mass is 16.4. The number of amides is 1. The molecular formula is C20H28N2O3. The fourth-order valence-electron chi connectivity index (χ4n) is 4.23. The minimum Gasteiger partial charge on any atom is -0.481 e. The lowest BCUT2D eigenvalue weighted by atomic mass is 9.78. The molecule has 5 heteroatoms. The van der Waals surface area contributed by atoms with Gasteiger partial charge in [-0.3, -0.25) is 9.59 Å². The Labute approximate surface area is 149 Å². The van der Waals surface area contributed by atoms with Crippen LogP contribution >= 0.6 is 0 Å². The molecule has 2 aliphatic rings. The van der Waals surface area contributed by atoms with Crippen LogP contribution in [0.5, 0.6) is 0 Å². The number of rotatable bonds is 3. The summed E-state index contributed by atoms with van der Waals surface area (Å²) < 4.78 is 0. The van der Waals surface area contributed by atoms with Crippen LogP contribution in [0.4, 0.5) is 5.69 Å². The van der Waals surface area contributed by atoms with Gasteiger partial charge in [-0.1, -0.05) is 30.5 Å². The van der Waals surface area contributed by atoms with Crippen LogP contribution in [-0.4, -0.2) is 47.6 Å². The van der Waals surface area contributed by atoms with Crippen molar-refractivity contribution in [3.63, 3.8) is 0 Å². The smallest absolute Gasteiger partial charge is 0.307 e. The minimum atomic E-state index is -0.815. The summed E-state index contributed by atoms with van der Waals surface area (Å²) in [6.07, 6.45) is 3.21. The quantitative estimate of drug-likeness (QED) is 0.916. The molecule has 1 heterocycles. The van der Waals surface area contributed by atoms with Gasteiger partial charge in [0.1, 0.15) is 0 Å². The third-order valence-electron chi connectivity index (χ3n) is 5.71. The highest BCUT2D eigenvalue weighted by Crippen LogP contribution is 2.32. The summed E-state index contributed by atoms with van der Waals surface area (Å²) in [6.45, 7) is 6.33. The molecule has 3 rings (SSSR count). The van der Waals surface area contributed by atoms with Crippen molar-refractivity contribution in [1.82, 2.24) is 4.90 Å². The fraction of sp³-hybridized carbons (Fsp3) is 0.600. The van der Waals surface area contributed by atoms with Crippen molar-refractivity contribution in [3.8, 4) is 0 Å². The van der Waals surface area contributed by atoms with Crippen LogP contribution in [0, 0.1) is 18.8 Å². The van der Waals surface area contributed by atoms with Crippen LogP contribution < -0.4 is 4.90 Å². The van der Waals surface area contributed by atoms with Crippen LogP contribution in [0.15, 0.2) is 24.3 Å². The van der Waals surface area contributed by atoms with E-state index in [1.165, 1.54) is 11.3 Å². The molecule has 5 nitrogen and oxygen atoms in total. The Hall–Kier alpha value is -2.04. The van der Waals surface area contributed by atoms with Gasteiger partial charge in [-0.2, -0.15) is 0 Å². The van der Waals surface area contributed by atoms with Gasteiger partial charge in [0.15, 0.2) is 0 Å². The zero-order chi connectivity index (χ0) is 18.0. The van der Waals surface area contributed by atoms with E-state index in [2.05, 4.69) is 43.0 Å². The van der Waals surface area contributed by atoms with Crippen LogP contribution in [-0.2, 0) is 9.59 Å². The normalized spacial score (nSPS) is 27.2. The molecule has 0 radical (unpaired) electrons. The van der Waals surface area contributed by atoms with Gasteiger partial charge < -0.3 is 14.9 Å². The van der Waals surface area contributed by atoms with Gasteiger partial charge in [0.05, 0.1) is 11.8 Å². The molecule has 0 aromatic heterocycles. The van der Waals surface area contributed by atoms with Crippen molar-refractivity contribution in [2.24, 2.45) is 11.8 Å². The molecule has 1 saturated carbocycles. The second kappa shape index (κ2) is 7.46. The number of anilines is 1. The van der Waals surface area contributed by atoms with Crippen LogP contribution in [0.25, 0.3) is 0 Å². The molecule has 1 aromatic rings. The summed E-state index contributed by atoms with van der Waals surface area (Å²) in [7, 11) is 0. The number of hydrogen-bond acceptors (Lipinski definition) is 3. The molecule has 1 aliphatic heterocycles. The first-order chi connectivity index (χ1) is 12.0. The van der Waals surface area contributed by atoms with Crippen molar-refractivity contribution in [1.29, 1.82) is 0 Å². The number of hydrogen-bond donors (Lipinski definition) is 1. The Kier molecular flexibility index (Phi) is 5.30. The van der Waals surface area contributed by atoms with Gasteiger partial charge in [-0.25, -0.2) is 0 Å². The van der Waals surface area contributed by atoms with E-state index in [4.69, 9.17) is 0 Å². The van der Waals surface area contributed by atoms with Crippen LogP contribution in [0.1, 0.15) is 38.2 Å². The van der Waals surface area contributed by atoms with Crippen molar-refractivity contribution < 1.29 is 14.7 Å². The molecule has 3 atom stereocenters. The summed E-state index contributed by atoms with van der Waals surface area (Å²) in [5.41, 5.74) is 2.42. The SMILES string of the molecule is Cc1ccc(N2CCN(C(=O)[C@H]3CCCC[C@@H]3C(=O)O)C[C@@H]2C)cc1. The second-order valence-electron chi connectivity index (χ2n) is 7.50. The van der Waals surface area contributed by atoms with E-state index in [0.717, 1.165) is 19.4 Å². The van der Waals surface area contributed by atoms with Crippen molar-refractivity contribution in [2.75, 3.05) is 24.5 Å². The highest BCUT2D eigenvalue weighted by Gasteiger charge is 2.39. The lowest BCUT2D eigenvalue weighted by Gasteiger charge is -2.43. The zero-order valence-corrected chi connectivity index (χ0v) is 15.1. The van der Waals surface area contributed by atoms with E-state index >= 15 is 0 Å². The third kappa shape index (κ3) is 3.80. The molecule has 0 unspecified atom stereocenters. The van der Waals surface area contributed by atoms with E-state index in [9.17, 15) is 14.7 Å². The number of aliphatic carboxylic acids is 1. The molecular weight excluding hydrogens is 316 g/mol. The number of carboxylic acids is 1. The Balaban J connectivity index is 1.66. The van der Waals surface area contributed by atoms with Crippen LogP contribution in [0.2, 0.25) is 0 Å². The lowest BCUT2D eigenvalue weighted by Crippen LogP contribution is -2.56. The maximum atomic E-state index is 12.9. The first-order valence-corrected chi connectivity index (χ1v) is 9.32. The van der Waals surface area contributed by atoms with Crippen molar-refractivity contribution >= 4 is 17.6 Å². The number of carbonyl (C=O) groups is 2. The summed E-state index contributed by atoms with van der Waals surface area (Å²) in [5.74, 6) is -1.62. The topological polar surface area (TPSA) is 60.9 Å². The average molecular weight is 344 g/mol. The van der Waals surface area contributed by atoms with Gasteiger partial charge in [0.2, 0.25) is 5.91 Å². The number of carboxylic acid groups (broad SMARTS) is 1. The Morgan fingerprint density at radius 1 is 1.04 bits per heavy atom. The molecule has 136 valence electrons. The average Bonchev–Trinajstić information content (AvgIpc) is 2.62. The monoisotopic (exact) mass is 344 g/mol. The maximum Gasteiger partial charge on any atom is 0.307 e. The number of benzene rings is 1. The summed E-state index contributed by atoms with van der Waals surface area (Å²) in [5, 5.41) is 9.44. The molecule has 0 spiro atoms. The fourth-order valence-corrected chi connectivity index (χ4v) is 4.23. The highest BCUT2D eigenvalue weighted by molar-refractivity contribution is 5.85. The maximum absolute atomic E-state index is 12.9. The predicted octanol–water partition coefficient (Wildman–Crippen LogP) is 2.92. The van der Waals surface area contributed by atoms with Gasteiger partial charge in [0, 0.05) is 31.4 Å². The van der Waals surface area contributed by atoms with E-state index in [1.807, 2.05) is 4.90 Å². The van der Waals surface area contributed by atoms with Crippen molar-refractivity contribution in [2.45, 2.75) is 45.6 Å². The van der Waals surface area contributed by atoms with Crippen molar-refractivity contribution in [3.05, 3.63) is 29.8 Å². The molecule has 25 heavy (non-hydrogen) atoms. The lowest BCUT2D eigenvalue weighted by molar-refractivity contribution is -0.152. The molecule has 1 N–H and O–H groups in total. The van der Waals surface area contributed by atoms with E-state index in [0.29, 0.717) is 25.9 Å². The van der Waals surface area contributed by atoms with E-state index in [-0.39, 0.29) is 17.9 Å². The van der Waals surface area contributed by atoms with Crippen LogP contribution in [0.3, 0.4) is 0 Å². The minimum absolute atomic E-state index is 0.0440. The molecule has 1 saturated heterocycles. The van der Waals surface area contributed by atoms with Gasteiger partial charge in [-0.05, 0) is 38.8 Å². The summed E-state index contributed by atoms with van der Waals surface area (Å²) in [6, 6.07) is 8.71. The Bertz CT molecular complexity index is 628. The molecule has 1 aromatic carbocycles.